The first kappa shape index (κ1) is 11.3. The quantitative estimate of drug-likeness (QED) is 0.518. The Bertz CT molecular complexity index is 95.0. The third kappa shape index (κ3) is 4.67. The summed E-state index contributed by atoms with van der Waals surface area (Å²) in [5, 5.41) is 7.12. The standard InChI is InChI=1S/C2HF3O2.Ca.2H/c3-2(4,5)1(6)7;;;/h(H,6,7);;;/q;+2;2*-1. The van der Waals surface area contributed by atoms with Crippen LogP contribution in [0.3, 0.4) is 0 Å². The van der Waals surface area contributed by atoms with E-state index in [0.717, 1.165) is 0 Å². The normalized spacial score (nSPS) is 9.88. The SMILES string of the molecule is O=C(O)C(F)(F)F.[Ca+2].[H-].[H-]. The fourth-order valence-corrected chi connectivity index (χ4v) is 0. The zero-order valence-electron chi connectivity index (χ0n) is 5.70. The maximum absolute atomic E-state index is 10.6. The van der Waals surface area contributed by atoms with Gasteiger partial charge in [0.2, 0.25) is 0 Å². The summed E-state index contributed by atoms with van der Waals surface area (Å²) in [5.41, 5.74) is 0. The Hall–Kier alpha value is 0.520. The first-order valence-electron chi connectivity index (χ1n) is 1.24. The van der Waals surface area contributed by atoms with Gasteiger partial charge in [0, 0.05) is 0 Å². The largest absolute Gasteiger partial charge is 2.00 e. The van der Waals surface area contributed by atoms with Crippen molar-refractivity contribution in [3.8, 4) is 0 Å². The number of carboxylic acid groups (broad SMARTS) is 1. The van der Waals surface area contributed by atoms with Crippen molar-refractivity contribution in [1.29, 1.82) is 0 Å². The van der Waals surface area contributed by atoms with Gasteiger partial charge in [-0.25, -0.2) is 4.79 Å². The molecular formula is C2H3CaF3O2. The van der Waals surface area contributed by atoms with E-state index >= 15 is 0 Å². The van der Waals surface area contributed by atoms with E-state index in [0.29, 0.717) is 0 Å². The minimum atomic E-state index is -5.08. The first-order valence-corrected chi connectivity index (χ1v) is 1.24. The number of halogens is 3. The van der Waals surface area contributed by atoms with Crippen LogP contribution in [0.1, 0.15) is 2.85 Å². The van der Waals surface area contributed by atoms with Crippen molar-refractivity contribution in [2.45, 2.75) is 6.18 Å². The van der Waals surface area contributed by atoms with E-state index in [1.165, 1.54) is 0 Å². The molecule has 0 aromatic rings. The van der Waals surface area contributed by atoms with E-state index in [-0.39, 0.29) is 40.6 Å². The number of hydrogen-bond acceptors (Lipinski definition) is 1. The molecule has 0 bridgehead atoms. The molecule has 0 aromatic carbocycles. The van der Waals surface area contributed by atoms with E-state index in [1.807, 2.05) is 0 Å². The number of hydrogen-bond donors (Lipinski definition) is 1. The average Bonchev–Trinajstić information content (AvgIpc) is 1.31. The van der Waals surface area contributed by atoms with Gasteiger partial charge in [-0.1, -0.05) is 0 Å². The molecule has 6 heteroatoms. The van der Waals surface area contributed by atoms with Crippen LogP contribution in [0.2, 0.25) is 0 Å². The third-order valence-electron chi connectivity index (χ3n) is 0.243. The summed E-state index contributed by atoms with van der Waals surface area (Å²) in [4.78, 5) is 8.90. The van der Waals surface area contributed by atoms with Crippen LogP contribution in [0.15, 0.2) is 0 Å². The summed E-state index contributed by atoms with van der Waals surface area (Å²) in [6.07, 6.45) is -5.08. The number of rotatable bonds is 0. The molecule has 46 valence electrons. The molecule has 0 saturated heterocycles. The van der Waals surface area contributed by atoms with Crippen LogP contribution in [0.25, 0.3) is 0 Å². The molecule has 0 aliphatic heterocycles. The summed E-state index contributed by atoms with van der Waals surface area (Å²) in [7, 11) is 0. The molecule has 0 atom stereocenters. The second-order valence-corrected chi connectivity index (χ2v) is 0.803. The first-order chi connectivity index (χ1) is 2.94. The van der Waals surface area contributed by atoms with Crippen LogP contribution >= 0.6 is 0 Å². The van der Waals surface area contributed by atoms with E-state index in [1.54, 1.807) is 0 Å². The molecule has 0 amide bonds. The van der Waals surface area contributed by atoms with Crippen LogP contribution < -0.4 is 0 Å². The molecule has 0 heterocycles. The smallest absolute Gasteiger partial charge is 1.00 e. The summed E-state index contributed by atoms with van der Waals surface area (Å²) in [5.74, 6) is -2.76. The van der Waals surface area contributed by atoms with Crippen molar-refractivity contribution in [3.63, 3.8) is 0 Å². The molecule has 0 spiro atoms. The van der Waals surface area contributed by atoms with E-state index in [2.05, 4.69) is 0 Å². The molecule has 0 fully saturated rings. The van der Waals surface area contributed by atoms with Gasteiger partial charge >= 0.3 is 49.9 Å². The van der Waals surface area contributed by atoms with Gasteiger partial charge in [0.15, 0.2) is 0 Å². The molecule has 8 heavy (non-hydrogen) atoms. The van der Waals surface area contributed by atoms with Gasteiger partial charge < -0.3 is 7.96 Å². The topological polar surface area (TPSA) is 37.3 Å². The van der Waals surface area contributed by atoms with Crippen LogP contribution in [-0.4, -0.2) is 55.0 Å². The Morgan fingerprint density at radius 2 is 1.62 bits per heavy atom. The predicted octanol–water partition coefficient (Wildman–Crippen LogP) is 0.478. The molecule has 0 radical (unpaired) electrons. The fraction of sp³-hybridized carbons (Fsp3) is 0.500. The number of carbonyl (C=O) groups is 1. The zero-order chi connectivity index (χ0) is 6.08. The fourth-order valence-electron chi connectivity index (χ4n) is 0. The Morgan fingerprint density at radius 1 is 1.50 bits per heavy atom. The number of aliphatic carboxylic acids is 1. The molecule has 0 rings (SSSR count). The van der Waals surface area contributed by atoms with Crippen molar-refractivity contribution < 1.29 is 25.9 Å². The Labute approximate surface area is 75.6 Å². The van der Waals surface area contributed by atoms with E-state index < -0.39 is 12.1 Å². The zero-order valence-corrected chi connectivity index (χ0v) is 5.90. The van der Waals surface area contributed by atoms with Gasteiger partial charge in [-0.15, -0.1) is 0 Å². The van der Waals surface area contributed by atoms with Crippen molar-refractivity contribution in [2.75, 3.05) is 0 Å². The van der Waals surface area contributed by atoms with Crippen LogP contribution in [0, 0.1) is 0 Å². The minimum absolute atomic E-state index is 0. The molecule has 0 aliphatic rings. The molecule has 0 aliphatic carbocycles. The van der Waals surface area contributed by atoms with Gasteiger partial charge in [0.25, 0.3) is 0 Å². The van der Waals surface area contributed by atoms with Gasteiger partial charge in [-0.3, -0.25) is 0 Å². The number of alkyl halides is 3. The molecular weight excluding hydrogens is 153 g/mol. The Balaban J connectivity index is -0.0000000600. The molecule has 1 N–H and O–H groups in total. The Kier molecular flexibility index (Phi) is 5.00. The summed E-state index contributed by atoms with van der Waals surface area (Å²) in [6.45, 7) is 0. The van der Waals surface area contributed by atoms with Crippen LogP contribution in [0.5, 0.6) is 0 Å². The van der Waals surface area contributed by atoms with Crippen molar-refractivity contribution in [1.82, 2.24) is 0 Å². The van der Waals surface area contributed by atoms with Crippen molar-refractivity contribution >= 4 is 43.7 Å². The van der Waals surface area contributed by atoms with Gasteiger partial charge in [-0.2, -0.15) is 13.2 Å². The summed E-state index contributed by atoms with van der Waals surface area (Å²) >= 11 is 0. The van der Waals surface area contributed by atoms with Crippen LogP contribution in [0.4, 0.5) is 13.2 Å². The maximum atomic E-state index is 10.6. The maximum Gasteiger partial charge on any atom is 2.00 e. The predicted molar refractivity (Wildman–Crippen MR) is 21.7 cm³/mol. The number of carboxylic acids is 1. The molecule has 0 saturated carbocycles. The van der Waals surface area contributed by atoms with E-state index in [9.17, 15) is 13.2 Å². The summed E-state index contributed by atoms with van der Waals surface area (Å²) < 4.78 is 31.7. The van der Waals surface area contributed by atoms with Gasteiger partial charge in [0.05, 0.1) is 0 Å². The average molecular weight is 156 g/mol. The Morgan fingerprint density at radius 3 is 1.62 bits per heavy atom. The second-order valence-electron chi connectivity index (χ2n) is 0.803. The van der Waals surface area contributed by atoms with Crippen molar-refractivity contribution in [2.24, 2.45) is 0 Å². The van der Waals surface area contributed by atoms with Crippen LogP contribution in [-0.2, 0) is 4.79 Å². The minimum Gasteiger partial charge on any atom is -1.00 e. The monoisotopic (exact) mass is 156 g/mol. The summed E-state index contributed by atoms with van der Waals surface area (Å²) in [6, 6.07) is 0. The molecule has 2 nitrogen and oxygen atoms in total. The van der Waals surface area contributed by atoms with Gasteiger partial charge in [-0.05, 0) is 0 Å². The molecule has 0 unspecified atom stereocenters. The van der Waals surface area contributed by atoms with E-state index in [4.69, 9.17) is 9.90 Å². The third-order valence-corrected chi connectivity index (χ3v) is 0.243. The van der Waals surface area contributed by atoms with Gasteiger partial charge in [0.1, 0.15) is 0 Å². The second kappa shape index (κ2) is 3.53. The molecule has 0 aromatic heterocycles. The van der Waals surface area contributed by atoms with Crippen molar-refractivity contribution in [3.05, 3.63) is 0 Å².